The third-order valence-corrected chi connectivity index (χ3v) is 4.41. The van der Waals surface area contributed by atoms with E-state index in [1.165, 1.54) is 6.07 Å². The van der Waals surface area contributed by atoms with Gasteiger partial charge in [-0.25, -0.2) is 0 Å². The van der Waals surface area contributed by atoms with Crippen molar-refractivity contribution in [1.82, 2.24) is 0 Å². The van der Waals surface area contributed by atoms with Gasteiger partial charge in [0.05, 0.1) is 15.8 Å². The summed E-state index contributed by atoms with van der Waals surface area (Å²) in [6.45, 7) is 3.95. The zero-order chi connectivity index (χ0) is 13.0. The van der Waals surface area contributed by atoms with E-state index in [9.17, 15) is 9.00 Å². The van der Waals surface area contributed by atoms with Gasteiger partial charge >= 0.3 is 0 Å². The Kier molecular flexibility index (Phi) is 5.63. The molecule has 0 aliphatic heterocycles. The molecule has 0 aliphatic rings. The number of rotatable bonds is 5. The number of Topliss-reactive ketones (excluding diaryl/α,β-unsaturated/α-hetero) is 1. The Labute approximate surface area is 114 Å². The lowest BCUT2D eigenvalue weighted by Gasteiger charge is -2.05. The van der Waals surface area contributed by atoms with E-state index in [1.807, 2.05) is 13.8 Å². The standard InChI is InChI=1S/C12H14Cl2O2S/c1-8(2)6-17(16)7-12(15)9-3-4-10(13)11(14)5-9/h3-5,8H,6-7H2,1-2H3. The van der Waals surface area contributed by atoms with Crippen molar-refractivity contribution in [3.63, 3.8) is 0 Å². The predicted molar refractivity (Wildman–Crippen MR) is 73.5 cm³/mol. The van der Waals surface area contributed by atoms with E-state index in [4.69, 9.17) is 23.2 Å². The molecule has 0 aliphatic carbocycles. The maximum Gasteiger partial charge on any atom is 0.175 e. The molecule has 1 atom stereocenters. The van der Waals surface area contributed by atoms with Crippen LogP contribution in [0.3, 0.4) is 0 Å². The molecule has 1 aromatic rings. The van der Waals surface area contributed by atoms with Crippen molar-refractivity contribution in [2.24, 2.45) is 5.92 Å². The Morgan fingerprint density at radius 3 is 2.47 bits per heavy atom. The number of benzene rings is 1. The molecule has 2 nitrogen and oxygen atoms in total. The fourth-order valence-corrected chi connectivity index (χ4v) is 2.95. The van der Waals surface area contributed by atoms with Crippen molar-refractivity contribution < 1.29 is 9.00 Å². The highest BCUT2D eigenvalue weighted by Gasteiger charge is 2.13. The van der Waals surface area contributed by atoms with E-state index in [2.05, 4.69) is 0 Å². The second-order valence-electron chi connectivity index (χ2n) is 4.20. The molecular weight excluding hydrogens is 279 g/mol. The van der Waals surface area contributed by atoms with Crippen LogP contribution in [0.1, 0.15) is 24.2 Å². The SMILES string of the molecule is CC(C)CS(=O)CC(=O)c1ccc(Cl)c(Cl)c1. The summed E-state index contributed by atoms with van der Waals surface area (Å²) in [6, 6.07) is 4.68. The van der Waals surface area contributed by atoms with Crippen molar-refractivity contribution in [3.8, 4) is 0 Å². The topological polar surface area (TPSA) is 34.1 Å². The largest absolute Gasteiger partial charge is 0.293 e. The van der Waals surface area contributed by atoms with Gasteiger partial charge in [-0.05, 0) is 24.1 Å². The van der Waals surface area contributed by atoms with Crippen LogP contribution < -0.4 is 0 Å². The average molecular weight is 293 g/mol. The molecular formula is C12H14Cl2O2S. The second kappa shape index (κ2) is 6.53. The average Bonchev–Trinajstić information content (AvgIpc) is 2.20. The zero-order valence-corrected chi connectivity index (χ0v) is 12.0. The van der Waals surface area contributed by atoms with Gasteiger partial charge in [0.15, 0.2) is 5.78 Å². The number of halogens is 2. The summed E-state index contributed by atoms with van der Waals surface area (Å²) in [4.78, 5) is 11.8. The predicted octanol–water partition coefficient (Wildman–Crippen LogP) is 3.58. The number of carbonyl (C=O) groups is 1. The Balaban J connectivity index is 2.70. The molecule has 1 rings (SSSR count). The highest BCUT2D eigenvalue weighted by Crippen LogP contribution is 2.22. The Morgan fingerprint density at radius 1 is 1.29 bits per heavy atom. The lowest BCUT2D eigenvalue weighted by Crippen LogP contribution is -2.15. The van der Waals surface area contributed by atoms with E-state index in [0.717, 1.165) is 0 Å². The molecule has 0 saturated carbocycles. The first-order chi connectivity index (χ1) is 7.90. The van der Waals surface area contributed by atoms with Gasteiger partial charge < -0.3 is 0 Å². The minimum absolute atomic E-state index is 0.0378. The minimum atomic E-state index is -1.12. The molecule has 17 heavy (non-hydrogen) atoms. The van der Waals surface area contributed by atoms with E-state index in [1.54, 1.807) is 12.1 Å². The molecule has 0 spiro atoms. The van der Waals surface area contributed by atoms with Gasteiger partial charge in [-0.1, -0.05) is 37.0 Å². The van der Waals surface area contributed by atoms with Gasteiger partial charge in [-0.2, -0.15) is 0 Å². The lowest BCUT2D eigenvalue weighted by atomic mass is 10.1. The van der Waals surface area contributed by atoms with Crippen LogP contribution in [-0.4, -0.2) is 21.5 Å². The Bertz CT molecular complexity index is 444. The molecule has 0 amide bonds. The smallest absolute Gasteiger partial charge is 0.175 e. The van der Waals surface area contributed by atoms with Crippen LogP contribution in [0, 0.1) is 5.92 Å². The van der Waals surface area contributed by atoms with Gasteiger partial charge in [-0.15, -0.1) is 0 Å². The third-order valence-electron chi connectivity index (χ3n) is 2.05. The van der Waals surface area contributed by atoms with Crippen molar-refractivity contribution in [2.45, 2.75) is 13.8 Å². The van der Waals surface area contributed by atoms with Crippen molar-refractivity contribution in [1.29, 1.82) is 0 Å². The lowest BCUT2D eigenvalue weighted by molar-refractivity contribution is 0.102. The van der Waals surface area contributed by atoms with Crippen LogP contribution in [0.5, 0.6) is 0 Å². The second-order valence-corrected chi connectivity index (χ2v) is 6.51. The molecule has 0 radical (unpaired) electrons. The molecule has 1 aromatic carbocycles. The quantitative estimate of drug-likeness (QED) is 0.778. The number of hydrogen-bond acceptors (Lipinski definition) is 2. The molecule has 94 valence electrons. The highest BCUT2D eigenvalue weighted by atomic mass is 35.5. The van der Waals surface area contributed by atoms with Gasteiger partial charge in [0.25, 0.3) is 0 Å². The van der Waals surface area contributed by atoms with Gasteiger partial charge in [0, 0.05) is 22.1 Å². The van der Waals surface area contributed by atoms with Crippen molar-refractivity contribution in [3.05, 3.63) is 33.8 Å². The number of hydrogen-bond donors (Lipinski definition) is 0. The Morgan fingerprint density at radius 2 is 1.94 bits per heavy atom. The first kappa shape index (κ1) is 14.7. The van der Waals surface area contributed by atoms with E-state index in [0.29, 0.717) is 27.3 Å². The summed E-state index contributed by atoms with van der Waals surface area (Å²) in [5, 5.41) is 0.749. The molecule has 0 aromatic heterocycles. The highest BCUT2D eigenvalue weighted by molar-refractivity contribution is 7.85. The number of ketones is 1. The monoisotopic (exact) mass is 292 g/mol. The third kappa shape index (κ3) is 4.78. The molecule has 1 unspecified atom stereocenters. The van der Waals surface area contributed by atoms with Crippen LogP contribution in [0.2, 0.25) is 10.0 Å². The maximum absolute atomic E-state index is 11.8. The van der Waals surface area contributed by atoms with E-state index >= 15 is 0 Å². The van der Waals surface area contributed by atoms with Crippen LogP contribution >= 0.6 is 23.2 Å². The fraction of sp³-hybridized carbons (Fsp3) is 0.417. The van der Waals surface area contributed by atoms with Gasteiger partial charge in [0.2, 0.25) is 0 Å². The van der Waals surface area contributed by atoms with Crippen molar-refractivity contribution in [2.75, 3.05) is 11.5 Å². The first-order valence-electron chi connectivity index (χ1n) is 5.23. The molecule has 0 heterocycles. The van der Waals surface area contributed by atoms with Gasteiger partial charge in [-0.3, -0.25) is 9.00 Å². The normalized spacial score (nSPS) is 12.8. The van der Waals surface area contributed by atoms with Crippen LogP contribution in [0.4, 0.5) is 0 Å². The molecule has 5 heteroatoms. The summed E-state index contributed by atoms with van der Waals surface area (Å²) in [5.41, 5.74) is 0.455. The summed E-state index contributed by atoms with van der Waals surface area (Å²) in [6.07, 6.45) is 0. The van der Waals surface area contributed by atoms with Crippen LogP contribution in [0.15, 0.2) is 18.2 Å². The first-order valence-corrected chi connectivity index (χ1v) is 7.47. The minimum Gasteiger partial charge on any atom is -0.293 e. The zero-order valence-electron chi connectivity index (χ0n) is 9.70. The number of carbonyl (C=O) groups excluding carboxylic acids is 1. The molecule has 0 N–H and O–H groups in total. The van der Waals surface area contributed by atoms with Crippen molar-refractivity contribution >= 4 is 39.8 Å². The summed E-state index contributed by atoms with van der Waals surface area (Å²) >= 11 is 11.6. The van der Waals surface area contributed by atoms with Crippen LogP contribution in [0.25, 0.3) is 0 Å². The Hall–Kier alpha value is -0.380. The summed E-state index contributed by atoms with van der Waals surface area (Å²) in [7, 11) is -1.12. The molecule has 0 bridgehead atoms. The van der Waals surface area contributed by atoms with Crippen LogP contribution in [-0.2, 0) is 10.8 Å². The fourth-order valence-electron chi connectivity index (χ4n) is 1.33. The van der Waals surface area contributed by atoms with E-state index in [-0.39, 0.29) is 11.5 Å². The molecule has 0 saturated heterocycles. The van der Waals surface area contributed by atoms with Gasteiger partial charge in [0.1, 0.15) is 0 Å². The summed E-state index contributed by atoms with van der Waals surface area (Å²) < 4.78 is 11.6. The summed E-state index contributed by atoms with van der Waals surface area (Å²) in [5.74, 6) is 0.725. The maximum atomic E-state index is 11.8. The molecule has 0 fully saturated rings. The van der Waals surface area contributed by atoms with E-state index < -0.39 is 10.8 Å².